The Labute approximate surface area is 226 Å². The highest BCUT2D eigenvalue weighted by Crippen LogP contribution is 2.26. The van der Waals surface area contributed by atoms with E-state index in [0.717, 1.165) is 54.0 Å². The molecule has 1 N–H and O–H groups in total. The largest absolute Gasteiger partial charge is 0.478 e. The van der Waals surface area contributed by atoms with Gasteiger partial charge in [0.2, 0.25) is 0 Å². The van der Waals surface area contributed by atoms with Crippen molar-refractivity contribution in [3.63, 3.8) is 0 Å². The maximum Gasteiger partial charge on any atom is 0.335 e. The number of carboxylic acids is 1. The van der Waals surface area contributed by atoms with E-state index < -0.39 is 5.97 Å². The summed E-state index contributed by atoms with van der Waals surface area (Å²) in [6.07, 6.45) is 2.07. The zero-order chi connectivity index (χ0) is 24.6. The van der Waals surface area contributed by atoms with Gasteiger partial charge in [0.25, 0.3) is 0 Å². The first-order valence-electron chi connectivity index (χ1n) is 11.8. The highest BCUT2D eigenvalue weighted by atomic mass is 79.9. The second kappa shape index (κ2) is 13.4. The zero-order valence-electron chi connectivity index (χ0n) is 20.1. The second-order valence-corrected chi connectivity index (χ2v) is 9.44. The SMILES string of the molecule is CCON=C(c1ccc(Br)cc1)C1CCN(Cc2ccc(Oc3ccc(C(=O)O)cc3)cc2)CC1.Cl. The van der Waals surface area contributed by atoms with Crippen molar-refractivity contribution in [3.8, 4) is 11.5 Å². The number of nitrogens with zero attached hydrogens (tertiary/aromatic N) is 2. The molecule has 0 spiro atoms. The number of halogens is 2. The maximum atomic E-state index is 11.0. The molecule has 3 aromatic carbocycles. The van der Waals surface area contributed by atoms with Gasteiger partial charge in [-0.3, -0.25) is 4.90 Å². The van der Waals surface area contributed by atoms with E-state index in [4.69, 9.17) is 14.7 Å². The molecule has 0 radical (unpaired) electrons. The van der Waals surface area contributed by atoms with Crippen molar-refractivity contribution < 1.29 is 19.5 Å². The lowest BCUT2D eigenvalue weighted by atomic mass is 9.88. The lowest BCUT2D eigenvalue weighted by molar-refractivity contribution is 0.0697. The van der Waals surface area contributed by atoms with E-state index in [1.165, 1.54) is 17.7 Å². The van der Waals surface area contributed by atoms with E-state index in [-0.39, 0.29) is 18.0 Å². The first kappa shape index (κ1) is 27.7. The van der Waals surface area contributed by atoms with Crippen LogP contribution in [-0.4, -0.2) is 41.4 Å². The molecule has 3 aromatic rings. The van der Waals surface area contributed by atoms with Gasteiger partial charge in [-0.1, -0.05) is 45.4 Å². The summed E-state index contributed by atoms with van der Waals surface area (Å²) in [5, 5.41) is 13.5. The number of carboxylic acid groups (broad SMARTS) is 1. The smallest absolute Gasteiger partial charge is 0.335 e. The lowest BCUT2D eigenvalue weighted by Gasteiger charge is -2.32. The van der Waals surface area contributed by atoms with E-state index in [1.54, 1.807) is 12.1 Å². The molecule has 36 heavy (non-hydrogen) atoms. The highest BCUT2D eigenvalue weighted by Gasteiger charge is 2.25. The fourth-order valence-corrected chi connectivity index (χ4v) is 4.47. The molecule has 1 saturated heterocycles. The number of rotatable bonds is 9. The molecule has 4 rings (SSSR count). The Morgan fingerprint density at radius 1 is 0.944 bits per heavy atom. The molecule has 8 heteroatoms. The van der Waals surface area contributed by atoms with Crippen LogP contribution in [0, 0.1) is 5.92 Å². The summed E-state index contributed by atoms with van der Waals surface area (Å²) >= 11 is 3.51. The van der Waals surface area contributed by atoms with Crippen molar-refractivity contribution in [2.45, 2.75) is 26.3 Å². The van der Waals surface area contributed by atoms with E-state index >= 15 is 0 Å². The van der Waals surface area contributed by atoms with E-state index in [2.05, 4.69) is 50.3 Å². The second-order valence-electron chi connectivity index (χ2n) is 8.53. The van der Waals surface area contributed by atoms with Gasteiger partial charge in [0.05, 0.1) is 11.3 Å². The van der Waals surface area contributed by atoms with Crippen LogP contribution in [0.25, 0.3) is 0 Å². The summed E-state index contributed by atoms with van der Waals surface area (Å²) in [7, 11) is 0. The Morgan fingerprint density at radius 2 is 1.50 bits per heavy atom. The van der Waals surface area contributed by atoms with E-state index in [0.29, 0.717) is 18.3 Å². The number of piperidine rings is 1. The van der Waals surface area contributed by atoms with Gasteiger partial charge >= 0.3 is 5.97 Å². The minimum Gasteiger partial charge on any atom is -0.478 e. The van der Waals surface area contributed by atoms with E-state index in [9.17, 15) is 4.79 Å². The highest BCUT2D eigenvalue weighted by molar-refractivity contribution is 9.10. The third kappa shape index (κ3) is 7.56. The third-order valence-electron chi connectivity index (χ3n) is 6.07. The number of oxime groups is 1. The van der Waals surface area contributed by atoms with Gasteiger partial charge in [-0.2, -0.15) is 0 Å². The Balaban J connectivity index is 0.00000361. The van der Waals surface area contributed by atoms with Crippen LogP contribution < -0.4 is 4.74 Å². The zero-order valence-corrected chi connectivity index (χ0v) is 22.5. The first-order chi connectivity index (χ1) is 17.0. The van der Waals surface area contributed by atoms with Crippen LogP contribution in [0.1, 0.15) is 41.3 Å². The third-order valence-corrected chi connectivity index (χ3v) is 6.60. The van der Waals surface area contributed by atoms with Gasteiger partial charge in [0, 0.05) is 16.9 Å². The molecule has 6 nitrogen and oxygen atoms in total. The molecule has 0 amide bonds. The molecule has 1 heterocycles. The number of hydrogen-bond acceptors (Lipinski definition) is 5. The number of benzene rings is 3. The van der Waals surface area contributed by atoms with Crippen molar-refractivity contribution in [1.82, 2.24) is 4.90 Å². The van der Waals surface area contributed by atoms with Crippen LogP contribution in [0.15, 0.2) is 82.4 Å². The minimum atomic E-state index is -0.948. The monoisotopic (exact) mass is 572 g/mol. The molecular formula is C28H30BrClN2O4. The molecule has 0 aliphatic carbocycles. The van der Waals surface area contributed by atoms with Crippen molar-refractivity contribution in [3.05, 3.63) is 94.0 Å². The number of carbonyl (C=O) groups is 1. The summed E-state index contributed by atoms with van der Waals surface area (Å²) in [4.78, 5) is 18.9. The summed E-state index contributed by atoms with van der Waals surface area (Å²) in [6.45, 7) is 5.40. The Bertz CT molecular complexity index is 1140. The van der Waals surface area contributed by atoms with Crippen LogP contribution in [0.5, 0.6) is 11.5 Å². The molecule has 1 aliphatic rings. The molecule has 0 bridgehead atoms. The van der Waals surface area contributed by atoms with Gasteiger partial charge in [0.1, 0.15) is 18.1 Å². The van der Waals surface area contributed by atoms with Gasteiger partial charge in [-0.15, -0.1) is 12.4 Å². The van der Waals surface area contributed by atoms with Crippen molar-refractivity contribution in [2.75, 3.05) is 19.7 Å². The normalized spacial score (nSPS) is 14.7. The average Bonchev–Trinajstić information content (AvgIpc) is 2.88. The molecule has 0 aromatic heterocycles. The Hall–Kier alpha value is -2.87. The molecule has 190 valence electrons. The van der Waals surface area contributed by atoms with Crippen molar-refractivity contribution >= 4 is 40.0 Å². The topological polar surface area (TPSA) is 71.4 Å². The number of aromatic carboxylic acids is 1. The Morgan fingerprint density at radius 3 is 2.06 bits per heavy atom. The number of ether oxygens (including phenoxy) is 1. The van der Waals surface area contributed by atoms with Gasteiger partial charge in [-0.25, -0.2) is 4.79 Å². The fourth-order valence-electron chi connectivity index (χ4n) is 4.20. The van der Waals surface area contributed by atoms with Gasteiger partial charge in [-0.05, 0) is 92.5 Å². The molecule has 0 unspecified atom stereocenters. The van der Waals surface area contributed by atoms with Crippen LogP contribution in [0.3, 0.4) is 0 Å². The first-order valence-corrected chi connectivity index (χ1v) is 12.6. The summed E-state index contributed by atoms with van der Waals surface area (Å²) < 4.78 is 6.90. The maximum absolute atomic E-state index is 11.0. The molecule has 1 aliphatic heterocycles. The van der Waals surface area contributed by atoms with Gasteiger partial charge < -0.3 is 14.7 Å². The number of hydrogen-bond donors (Lipinski definition) is 1. The lowest BCUT2D eigenvalue weighted by Crippen LogP contribution is -2.36. The average molecular weight is 574 g/mol. The summed E-state index contributed by atoms with van der Waals surface area (Å²) in [6, 6.07) is 22.8. The van der Waals surface area contributed by atoms with Crippen LogP contribution in [-0.2, 0) is 11.4 Å². The van der Waals surface area contributed by atoms with Crippen LogP contribution in [0.2, 0.25) is 0 Å². The number of likely N-dealkylation sites (tertiary alicyclic amines) is 1. The van der Waals surface area contributed by atoms with Crippen molar-refractivity contribution in [1.29, 1.82) is 0 Å². The predicted molar refractivity (Wildman–Crippen MR) is 147 cm³/mol. The van der Waals surface area contributed by atoms with Crippen LogP contribution in [0.4, 0.5) is 0 Å². The van der Waals surface area contributed by atoms with E-state index in [1.807, 2.05) is 31.2 Å². The summed E-state index contributed by atoms with van der Waals surface area (Å²) in [5.74, 6) is 0.764. The van der Waals surface area contributed by atoms with Crippen molar-refractivity contribution in [2.24, 2.45) is 11.1 Å². The predicted octanol–water partition coefficient (Wildman–Crippen LogP) is 7.01. The molecular weight excluding hydrogens is 544 g/mol. The van der Waals surface area contributed by atoms with Crippen LogP contribution >= 0.6 is 28.3 Å². The Kier molecular flexibility index (Phi) is 10.3. The quantitative estimate of drug-likeness (QED) is 0.220. The fraction of sp³-hybridized carbons (Fsp3) is 0.286. The minimum absolute atomic E-state index is 0. The molecule has 0 saturated carbocycles. The molecule has 0 atom stereocenters. The molecule has 1 fully saturated rings. The van der Waals surface area contributed by atoms with Gasteiger partial charge in [0.15, 0.2) is 0 Å². The summed E-state index contributed by atoms with van der Waals surface area (Å²) in [5.41, 5.74) is 3.63. The standard InChI is InChI=1S/C28H29BrN2O4.ClH/c1-2-34-30-27(21-5-9-24(29)10-6-21)22-15-17-31(18-16-22)19-20-3-11-25(12-4-20)35-26-13-7-23(8-14-26)28(32)33;/h3-14,22H,2,15-19H2,1H3,(H,32,33);1H.